The Bertz CT molecular complexity index is 435. The van der Waals surface area contributed by atoms with E-state index in [1.54, 1.807) is 19.2 Å². The van der Waals surface area contributed by atoms with Crippen LogP contribution in [0.25, 0.3) is 0 Å². The third-order valence-electron chi connectivity index (χ3n) is 2.17. The van der Waals surface area contributed by atoms with Crippen LogP contribution in [0.15, 0.2) is 17.1 Å². The molecule has 0 atom stereocenters. The van der Waals surface area contributed by atoms with E-state index in [1.165, 1.54) is 0 Å². The smallest absolute Gasteiger partial charge is 0.191 e. The second-order valence-corrected chi connectivity index (χ2v) is 4.83. The van der Waals surface area contributed by atoms with Gasteiger partial charge in [0.25, 0.3) is 0 Å². The number of halogens is 4. The molecule has 0 amide bonds. The molecule has 0 aliphatic rings. The average molecular weight is 453 g/mol. The molecule has 8 heteroatoms. The van der Waals surface area contributed by atoms with Crippen LogP contribution in [0.1, 0.15) is 6.92 Å². The first-order valence-corrected chi connectivity index (χ1v) is 6.93. The van der Waals surface area contributed by atoms with E-state index in [1.807, 2.05) is 6.92 Å². The first-order valence-electron chi connectivity index (χ1n) is 5.80. The van der Waals surface area contributed by atoms with E-state index < -0.39 is 0 Å². The molecule has 0 aromatic heterocycles. The molecule has 114 valence electrons. The summed E-state index contributed by atoms with van der Waals surface area (Å²) in [5.41, 5.74) is 0. The SMILES string of the molecule is CCNC(=NC)NCCOc1c(Cl)cc(Cl)cc1Cl.I. The number of ether oxygens (including phenoxy) is 1. The second kappa shape index (κ2) is 10.6. The van der Waals surface area contributed by atoms with Gasteiger partial charge in [0.1, 0.15) is 6.61 Å². The van der Waals surface area contributed by atoms with Crippen LogP contribution in [-0.2, 0) is 0 Å². The van der Waals surface area contributed by atoms with Crippen LogP contribution >= 0.6 is 58.8 Å². The van der Waals surface area contributed by atoms with E-state index in [0.29, 0.717) is 34.0 Å². The van der Waals surface area contributed by atoms with Crippen molar-refractivity contribution >= 4 is 64.7 Å². The lowest BCUT2D eigenvalue weighted by Gasteiger charge is -2.13. The highest BCUT2D eigenvalue weighted by atomic mass is 127. The lowest BCUT2D eigenvalue weighted by Crippen LogP contribution is -2.39. The number of hydrogen-bond acceptors (Lipinski definition) is 2. The van der Waals surface area contributed by atoms with Gasteiger partial charge in [-0.25, -0.2) is 0 Å². The molecule has 0 heterocycles. The molecule has 4 nitrogen and oxygen atoms in total. The zero-order valence-corrected chi connectivity index (χ0v) is 15.8. The summed E-state index contributed by atoms with van der Waals surface area (Å²) in [5, 5.41) is 7.44. The van der Waals surface area contributed by atoms with Crippen molar-refractivity contribution < 1.29 is 4.74 Å². The van der Waals surface area contributed by atoms with Crippen LogP contribution in [0.5, 0.6) is 5.75 Å². The van der Waals surface area contributed by atoms with Crippen LogP contribution < -0.4 is 15.4 Å². The van der Waals surface area contributed by atoms with Crippen molar-refractivity contribution in [1.82, 2.24) is 10.6 Å². The van der Waals surface area contributed by atoms with E-state index in [0.717, 1.165) is 12.5 Å². The highest BCUT2D eigenvalue weighted by Crippen LogP contribution is 2.35. The van der Waals surface area contributed by atoms with Gasteiger partial charge in [0.15, 0.2) is 11.7 Å². The molecule has 0 fully saturated rings. The minimum atomic E-state index is 0. The molecule has 1 rings (SSSR count). The predicted molar refractivity (Wildman–Crippen MR) is 97.4 cm³/mol. The maximum atomic E-state index is 6.00. The molecule has 2 N–H and O–H groups in total. The minimum absolute atomic E-state index is 0. The summed E-state index contributed by atoms with van der Waals surface area (Å²) in [5.74, 6) is 1.16. The molecular weight excluding hydrogens is 435 g/mol. The van der Waals surface area contributed by atoms with E-state index in [2.05, 4.69) is 15.6 Å². The summed E-state index contributed by atoms with van der Waals surface area (Å²) in [7, 11) is 1.71. The van der Waals surface area contributed by atoms with Gasteiger partial charge in [0.2, 0.25) is 0 Å². The number of benzene rings is 1. The van der Waals surface area contributed by atoms with Gasteiger partial charge >= 0.3 is 0 Å². The largest absolute Gasteiger partial charge is 0.489 e. The van der Waals surface area contributed by atoms with E-state index >= 15 is 0 Å². The number of nitrogens with zero attached hydrogens (tertiary/aromatic N) is 1. The predicted octanol–water partition coefficient (Wildman–Crippen LogP) is 3.83. The molecule has 0 aliphatic heterocycles. The van der Waals surface area contributed by atoms with Gasteiger partial charge in [-0.1, -0.05) is 34.8 Å². The summed E-state index contributed by atoms with van der Waals surface area (Å²) >= 11 is 17.8. The van der Waals surface area contributed by atoms with Gasteiger partial charge in [0.05, 0.1) is 16.6 Å². The van der Waals surface area contributed by atoms with Crippen molar-refractivity contribution in [3.05, 3.63) is 27.2 Å². The minimum Gasteiger partial charge on any atom is -0.489 e. The average Bonchev–Trinajstić information content (AvgIpc) is 2.35. The Morgan fingerprint density at radius 3 is 2.30 bits per heavy atom. The zero-order chi connectivity index (χ0) is 14.3. The second-order valence-electron chi connectivity index (χ2n) is 3.58. The maximum Gasteiger partial charge on any atom is 0.191 e. The Morgan fingerprint density at radius 2 is 1.80 bits per heavy atom. The number of guanidine groups is 1. The van der Waals surface area contributed by atoms with Gasteiger partial charge in [-0.15, -0.1) is 24.0 Å². The number of aliphatic imine (C=N–C) groups is 1. The van der Waals surface area contributed by atoms with Gasteiger partial charge < -0.3 is 15.4 Å². The fourth-order valence-corrected chi connectivity index (χ4v) is 2.30. The summed E-state index contributed by atoms with van der Waals surface area (Å²) in [4.78, 5) is 4.04. The Hall–Kier alpha value is -0.110. The van der Waals surface area contributed by atoms with Gasteiger partial charge in [-0.05, 0) is 19.1 Å². The molecule has 0 spiro atoms. The topological polar surface area (TPSA) is 45.7 Å². The molecule has 0 unspecified atom stereocenters. The van der Waals surface area contributed by atoms with Crippen LogP contribution in [0.2, 0.25) is 15.1 Å². The lowest BCUT2D eigenvalue weighted by atomic mass is 10.3. The molecule has 0 aliphatic carbocycles. The summed E-state index contributed by atoms with van der Waals surface area (Å²) in [6, 6.07) is 3.19. The summed E-state index contributed by atoms with van der Waals surface area (Å²) in [6.45, 7) is 3.78. The van der Waals surface area contributed by atoms with E-state index in [-0.39, 0.29) is 24.0 Å². The van der Waals surface area contributed by atoms with Crippen LogP contribution in [0.3, 0.4) is 0 Å². The molecular formula is C12H17Cl3IN3O. The lowest BCUT2D eigenvalue weighted by molar-refractivity contribution is 0.322. The van der Waals surface area contributed by atoms with Crippen LogP contribution in [0.4, 0.5) is 0 Å². The molecule has 0 saturated carbocycles. The first-order chi connectivity index (χ1) is 9.08. The maximum absolute atomic E-state index is 6.00. The molecule has 0 radical (unpaired) electrons. The zero-order valence-electron chi connectivity index (χ0n) is 11.2. The van der Waals surface area contributed by atoms with Crippen molar-refractivity contribution in [3.63, 3.8) is 0 Å². The normalized spacial score (nSPS) is 10.8. The molecule has 20 heavy (non-hydrogen) atoms. The fourth-order valence-electron chi connectivity index (χ4n) is 1.38. The van der Waals surface area contributed by atoms with Gasteiger partial charge in [-0.2, -0.15) is 0 Å². The van der Waals surface area contributed by atoms with Crippen LogP contribution in [-0.4, -0.2) is 32.7 Å². The standard InChI is InChI=1S/C12H16Cl3N3O.HI/c1-3-17-12(16-2)18-4-5-19-11-9(14)6-8(13)7-10(11)15;/h6-7H,3-5H2,1-2H3,(H2,16,17,18);1H. The molecule has 0 bridgehead atoms. The van der Waals surface area contributed by atoms with Crippen molar-refractivity contribution in [3.8, 4) is 5.75 Å². The summed E-state index contributed by atoms with van der Waals surface area (Å²) in [6.07, 6.45) is 0. The van der Waals surface area contributed by atoms with Crippen molar-refractivity contribution in [2.24, 2.45) is 4.99 Å². The highest BCUT2D eigenvalue weighted by molar-refractivity contribution is 14.0. The Kier molecular flexibility index (Phi) is 10.5. The quantitative estimate of drug-likeness (QED) is 0.309. The van der Waals surface area contributed by atoms with Gasteiger partial charge in [-0.3, -0.25) is 4.99 Å². The highest BCUT2D eigenvalue weighted by Gasteiger charge is 2.08. The molecule has 1 aromatic rings. The molecule has 1 aromatic carbocycles. The van der Waals surface area contributed by atoms with Crippen molar-refractivity contribution in [1.29, 1.82) is 0 Å². The molecule has 0 saturated heterocycles. The van der Waals surface area contributed by atoms with Crippen molar-refractivity contribution in [2.45, 2.75) is 6.92 Å². The Morgan fingerprint density at radius 1 is 1.20 bits per heavy atom. The van der Waals surface area contributed by atoms with E-state index in [9.17, 15) is 0 Å². The fraction of sp³-hybridized carbons (Fsp3) is 0.417. The van der Waals surface area contributed by atoms with Gasteiger partial charge in [0, 0.05) is 18.6 Å². The third-order valence-corrected chi connectivity index (χ3v) is 2.95. The number of nitrogens with one attached hydrogen (secondary N) is 2. The monoisotopic (exact) mass is 451 g/mol. The Balaban J connectivity index is 0.00000361. The Labute approximate surface area is 151 Å². The number of rotatable bonds is 5. The number of hydrogen-bond donors (Lipinski definition) is 2. The third kappa shape index (κ3) is 6.56. The summed E-state index contributed by atoms with van der Waals surface area (Å²) < 4.78 is 5.53. The van der Waals surface area contributed by atoms with Crippen molar-refractivity contribution in [2.75, 3.05) is 26.7 Å². The van der Waals surface area contributed by atoms with E-state index in [4.69, 9.17) is 39.5 Å². The first kappa shape index (κ1) is 19.9. The van der Waals surface area contributed by atoms with Crippen LogP contribution in [0, 0.1) is 0 Å².